The predicted molar refractivity (Wildman–Crippen MR) is 49.1 cm³/mol. The van der Waals surface area contributed by atoms with Gasteiger partial charge in [0.1, 0.15) is 5.78 Å². The van der Waals surface area contributed by atoms with Crippen molar-refractivity contribution >= 4 is 12.2 Å². The van der Waals surface area contributed by atoms with Crippen molar-refractivity contribution in [2.45, 2.75) is 32.4 Å². The number of hydrogen-bond acceptors (Lipinski definition) is 3. The van der Waals surface area contributed by atoms with Crippen LogP contribution in [0.15, 0.2) is 0 Å². The van der Waals surface area contributed by atoms with E-state index in [-0.39, 0.29) is 11.9 Å². The van der Waals surface area contributed by atoms with Crippen LogP contribution in [0.5, 0.6) is 0 Å². The van der Waals surface area contributed by atoms with E-state index in [1.54, 1.807) is 6.92 Å². The first-order chi connectivity index (χ1) is 6.24. The zero-order chi connectivity index (χ0) is 9.68. The minimum absolute atomic E-state index is 0.0650. The van der Waals surface area contributed by atoms with Crippen molar-refractivity contribution in [3.05, 3.63) is 0 Å². The van der Waals surface area contributed by atoms with E-state index in [1.165, 1.54) is 0 Å². The molecule has 1 saturated heterocycles. The number of carbonyl (C=O) groups is 2. The summed E-state index contributed by atoms with van der Waals surface area (Å²) in [5.74, 6) is 0.152. The van der Waals surface area contributed by atoms with Gasteiger partial charge in [0.05, 0.1) is 12.7 Å². The Morgan fingerprint density at radius 3 is 3.00 bits per heavy atom. The van der Waals surface area contributed by atoms with E-state index in [1.807, 2.05) is 4.90 Å². The Bertz CT molecular complexity index is 194. The van der Waals surface area contributed by atoms with Gasteiger partial charge in [-0.15, -0.1) is 0 Å². The molecule has 4 nitrogen and oxygen atoms in total. The minimum atomic E-state index is 0.0650. The molecular formula is C9H16N2O2. The van der Waals surface area contributed by atoms with Crippen molar-refractivity contribution in [1.29, 1.82) is 0 Å². The monoisotopic (exact) mass is 184 g/mol. The molecule has 1 atom stereocenters. The summed E-state index contributed by atoms with van der Waals surface area (Å²) in [6.07, 6.45) is 3.97. The first-order valence-corrected chi connectivity index (χ1v) is 4.67. The SMILES string of the molecule is CC(=O)CN1CCCCC1NC=O. The summed E-state index contributed by atoms with van der Waals surface area (Å²) in [5.41, 5.74) is 0. The average Bonchev–Trinajstić information content (AvgIpc) is 2.08. The highest BCUT2D eigenvalue weighted by Gasteiger charge is 2.21. The summed E-state index contributed by atoms with van der Waals surface area (Å²) in [6, 6.07) is 0. The molecule has 0 radical (unpaired) electrons. The number of rotatable bonds is 4. The van der Waals surface area contributed by atoms with Crippen LogP contribution in [0.2, 0.25) is 0 Å². The second-order valence-electron chi connectivity index (χ2n) is 3.47. The molecule has 1 aliphatic heterocycles. The number of ketones is 1. The Morgan fingerprint density at radius 2 is 2.38 bits per heavy atom. The summed E-state index contributed by atoms with van der Waals surface area (Å²) >= 11 is 0. The molecule has 1 fully saturated rings. The Morgan fingerprint density at radius 1 is 1.62 bits per heavy atom. The summed E-state index contributed by atoms with van der Waals surface area (Å²) in [5, 5.41) is 2.73. The molecule has 1 N–H and O–H groups in total. The second kappa shape index (κ2) is 4.97. The lowest BCUT2D eigenvalue weighted by Crippen LogP contribution is -2.49. The van der Waals surface area contributed by atoms with Crippen molar-refractivity contribution in [1.82, 2.24) is 10.2 Å². The quantitative estimate of drug-likeness (QED) is 0.632. The first-order valence-electron chi connectivity index (χ1n) is 4.67. The van der Waals surface area contributed by atoms with E-state index in [0.29, 0.717) is 13.0 Å². The average molecular weight is 184 g/mol. The fourth-order valence-corrected chi connectivity index (χ4v) is 1.73. The van der Waals surface area contributed by atoms with Crippen LogP contribution in [0, 0.1) is 0 Å². The van der Waals surface area contributed by atoms with Crippen LogP contribution < -0.4 is 5.32 Å². The number of amides is 1. The molecule has 0 aromatic heterocycles. The Kier molecular flexibility index (Phi) is 3.89. The molecule has 4 heteroatoms. The van der Waals surface area contributed by atoms with Gasteiger partial charge in [0.25, 0.3) is 0 Å². The minimum Gasteiger partial charge on any atom is -0.343 e. The molecule has 0 aliphatic carbocycles. The van der Waals surface area contributed by atoms with Gasteiger partial charge in [-0.25, -0.2) is 0 Å². The van der Waals surface area contributed by atoms with Crippen molar-refractivity contribution in [2.24, 2.45) is 0 Å². The summed E-state index contributed by atoms with van der Waals surface area (Å²) in [4.78, 5) is 23.2. The number of carbonyl (C=O) groups excluding carboxylic acids is 2. The van der Waals surface area contributed by atoms with E-state index in [4.69, 9.17) is 0 Å². The van der Waals surface area contributed by atoms with E-state index in [9.17, 15) is 9.59 Å². The first kappa shape index (κ1) is 10.2. The standard InChI is InChI=1S/C9H16N2O2/c1-8(13)6-11-5-3-2-4-9(11)10-7-12/h7,9H,2-6H2,1H3,(H,10,12). The number of Topliss-reactive ketones (excluding diaryl/α,β-unsaturated/α-hetero) is 1. The number of nitrogens with one attached hydrogen (secondary N) is 1. The number of piperidine rings is 1. The third-order valence-corrected chi connectivity index (χ3v) is 2.30. The zero-order valence-electron chi connectivity index (χ0n) is 7.95. The van der Waals surface area contributed by atoms with Gasteiger partial charge in [0, 0.05) is 6.54 Å². The molecule has 0 spiro atoms. The predicted octanol–water partition coefficient (Wildman–Crippen LogP) is 0.133. The highest BCUT2D eigenvalue weighted by molar-refractivity contribution is 5.77. The lowest BCUT2D eigenvalue weighted by Gasteiger charge is -2.34. The largest absolute Gasteiger partial charge is 0.343 e. The van der Waals surface area contributed by atoms with Crippen molar-refractivity contribution < 1.29 is 9.59 Å². The maximum Gasteiger partial charge on any atom is 0.208 e. The summed E-state index contributed by atoms with van der Waals surface area (Å²) in [6.45, 7) is 2.93. The van der Waals surface area contributed by atoms with Gasteiger partial charge < -0.3 is 5.32 Å². The number of hydrogen-bond donors (Lipinski definition) is 1. The van der Waals surface area contributed by atoms with E-state index in [2.05, 4.69) is 5.32 Å². The molecule has 0 saturated carbocycles. The number of nitrogens with zero attached hydrogens (tertiary/aromatic N) is 1. The highest BCUT2D eigenvalue weighted by Crippen LogP contribution is 2.13. The maximum atomic E-state index is 10.9. The second-order valence-corrected chi connectivity index (χ2v) is 3.47. The molecule has 1 aliphatic rings. The molecule has 13 heavy (non-hydrogen) atoms. The lowest BCUT2D eigenvalue weighted by atomic mass is 10.1. The zero-order valence-corrected chi connectivity index (χ0v) is 7.95. The maximum absolute atomic E-state index is 10.9. The molecular weight excluding hydrogens is 168 g/mol. The molecule has 0 bridgehead atoms. The van der Waals surface area contributed by atoms with Crippen molar-refractivity contribution in [2.75, 3.05) is 13.1 Å². The Hall–Kier alpha value is -0.900. The topological polar surface area (TPSA) is 49.4 Å². The van der Waals surface area contributed by atoms with Crippen LogP contribution >= 0.6 is 0 Å². The summed E-state index contributed by atoms with van der Waals surface area (Å²) < 4.78 is 0. The van der Waals surface area contributed by atoms with Crippen LogP contribution in [0.25, 0.3) is 0 Å². The van der Waals surface area contributed by atoms with Gasteiger partial charge in [0.15, 0.2) is 0 Å². The van der Waals surface area contributed by atoms with Gasteiger partial charge in [0.2, 0.25) is 6.41 Å². The third-order valence-electron chi connectivity index (χ3n) is 2.30. The number of likely N-dealkylation sites (tertiary alicyclic amines) is 1. The van der Waals surface area contributed by atoms with Crippen LogP contribution in [-0.4, -0.2) is 36.3 Å². The van der Waals surface area contributed by atoms with Crippen molar-refractivity contribution in [3.8, 4) is 0 Å². The molecule has 1 unspecified atom stereocenters. The molecule has 1 amide bonds. The van der Waals surface area contributed by atoms with Crippen molar-refractivity contribution in [3.63, 3.8) is 0 Å². The molecule has 1 rings (SSSR count). The van der Waals surface area contributed by atoms with Crippen LogP contribution in [0.1, 0.15) is 26.2 Å². The Balaban J connectivity index is 2.45. The molecule has 0 aromatic rings. The van der Waals surface area contributed by atoms with Gasteiger partial charge in [-0.2, -0.15) is 0 Å². The third kappa shape index (κ3) is 3.14. The lowest BCUT2D eigenvalue weighted by molar-refractivity contribution is -0.120. The summed E-state index contributed by atoms with van der Waals surface area (Å²) in [7, 11) is 0. The van der Waals surface area contributed by atoms with E-state index >= 15 is 0 Å². The highest BCUT2D eigenvalue weighted by atomic mass is 16.1. The Labute approximate surface area is 78.3 Å². The van der Waals surface area contributed by atoms with E-state index in [0.717, 1.165) is 25.8 Å². The fraction of sp³-hybridized carbons (Fsp3) is 0.778. The van der Waals surface area contributed by atoms with Crippen LogP contribution in [-0.2, 0) is 9.59 Å². The van der Waals surface area contributed by atoms with Crippen LogP contribution in [0.3, 0.4) is 0 Å². The van der Waals surface area contributed by atoms with Crippen LogP contribution in [0.4, 0.5) is 0 Å². The molecule has 0 aromatic carbocycles. The smallest absolute Gasteiger partial charge is 0.208 e. The van der Waals surface area contributed by atoms with E-state index < -0.39 is 0 Å². The normalized spacial score (nSPS) is 23.9. The van der Waals surface area contributed by atoms with Gasteiger partial charge in [-0.1, -0.05) is 0 Å². The van der Waals surface area contributed by atoms with Gasteiger partial charge in [-0.3, -0.25) is 14.5 Å². The fourth-order valence-electron chi connectivity index (χ4n) is 1.73. The van der Waals surface area contributed by atoms with Gasteiger partial charge >= 0.3 is 0 Å². The molecule has 74 valence electrons. The molecule has 1 heterocycles. The van der Waals surface area contributed by atoms with Gasteiger partial charge in [-0.05, 0) is 26.2 Å².